The summed E-state index contributed by atoms with van der Waals surface area (Å²) in [5, 5.41) is 1.67. The molecule has 0 saturated carbocycles. The average Bonchev–Trinajstić information content (AvgIpc) is 3.12. The molecule has 0 nitrogen and oxygen atoms in total. The van der Waals surface area contributed by atoms with Gasteiger partial charge >= 0.3 is 176 Å². The van der Waals surface area contributed by atoms with Gasteiger partial charge < -0.3 is 0 Å². The van der Waals surface area contributed by atoms with E-state index in [4.69, 9.17) is 17.2 Å². The van der Waals surface area contributed by atoms with E-state index in [-0.39, 0.29) is 0 Å². The van der Waals surface area contributed by atoms with Crippen molar-refractivity contribution in [3.63, 3.8) is 0 Å². The maximum atomic E-state index is 6.67. The topological polar surface area (TPSA) is 0 Å². The van der Waals surface area contributed by atoms with Gasteiger partial charge in [0.05, 0.1) is 0 Å². The van der Waals surface area contributed by atoms with Gasteiger partial charge in [-0.25, -0.2) is 0 Å². The Labute approximate surface area is 175 Å². The first-order valence-corrected chi connectivity index (χ1v) is 22.6. The fraction of sp³-hybridized carbons (Fsp3) is 0.409. The molecule has 0 heterocycles. The van der Waals surface area contributed by atoms with Crippen LogP contribution in [0.1, 0.15) is 34.1 Å². The van der Waals surface area contributed by atoms with Crippen molar-refractivity contribution in [1.82, 2.24) is 0 Å². The predicted molar refractivity (Wildman–Crippen MR) is 116 cm³/mol. The van der Waals surface area contributed by atoms with Gasteiger partial charge in [0, 0.05) is 0 Å². The van der Waals surface area contributed by atoms with Crippen molar-refractivity contribution >= 4 is 30.7 Å². The molecule has 26 heavy (non-hydrogen) atoms. The van der Waals surface area contributed by atoms with E-state index in [1.54, 1.807) is 5.17 Å². The van der Waals surface area contributed by atoms with Gasteiger partial charge in [-0.15, -0.1) is 0 Å². The summed E-state index contributed by atoms with van der Waals surface area (Å²) in [4.78, 5) is 0. The van der Waals surface area contributed by atoms with E-state index in [0.29, 0.717) is 11.8 Å². The van der Waals surface area contributed by atoms with Crippen molar-refractivity contribution < 1.29 is 19.1 Å². The second kappa shape index (κ2) is 8.15. The summed E-state index contributed by atoms with van der Waals surface area (Å²) in [5.41, 5.74) is 8.58. The molecule has 4 heteroatoms. The van der Waals surface area contributed by atoms with E-state index in [2.05, 4.69) is 71.2 Å². The van der Waals surface area contributed by atoms with Crippen LogP contribution in [0.3, 0.4) is 0 Å². The van der Waals surface area contributed by atoms with Gasteiger partial charge in [0.15, 0.2) is 0 Å². The summed E-state index contributed by atoms with van der Waals surface area (Å²) in [6.45, 7) is 14.1. The molecule has 1 atom stereocenters. The molecule has 0 aromatic heterocycles. The minimum atomic E-state index is -2.74. The number of allylic oxidation sites excluding steroid dienone is 12. The molecule has 3 aliphatic carbocycles. The van der Waals surface area contributed by atoms with Crippen molar-refractivity contribution in [3.05, 3.63) is 67.1 Å². The Kier molecular flexibility index (Phi) is 6.49. The van der Waals surface area contributed by atoms with Crippen molar-refractivity contribution in [3.8, 4) is 0 Å². The van der Waals surface area contributed by atoms with E-state index in [9.17, 15) is 0 Å². The van der Waals surface area contributed by atoms with Gasteiger partial charge in [-0.1, -0.05) is 0 Å². The van der Waals surface area contributed by atoms with E-state index >= 15 is 0 Å². The Morgan fingerprint density at radius 3 is 2.35 bits per heavy atom. The second-order valence-corrected chi connectivity index (χ2v) is 21.8. The van der Waals surface area contributed by atoms with Crippen molar-refractivity contribution in [2.45, 2.75) is 47.2 Å². The number of fused-ring (bicyclic) bond motifs is 1. The monoisotopic (exact) mass is 569 g/mol. The molecule has 0 fully saturated rings. The third-order valence-corrected chi connectivity index (χ3v) is 14.2. The number of rotatable bonds is 3. The molecule has 137 valence electrons. The van der Waals surface area contributed by atoms with Gasteiger partial charge in [-0.3, -0.25) is 0 Å². The average molecular weight is 569 g/mol. The Morgan fingerprint density at radius 1 is 1.15 bits per heavy atom. The molecule has 0 spiro atoms. The molecule has 0 bridgehead atoms. The van der Waals surface area contributed by atoms with Crippen LogP contribution in [-0.2, 0) is 19.1 Å². The van der Waals surface area contributed by atoms with Gasteiger partial charge in [-0.2, -0.15) is 0 Å². The van der Waals surface area contributed by atoms with Gasteiger partial charge in [0.1, 0.15) is 0 Å². The van der Waals surface area contributed by atoms with E-state index in [1.807, 2.05) is 0 Å². The van der Waals surface area contributed by atoms with Crippen LogP contribution in [0.25, 0.3) is 0 Å². The molecular formula is C22H27Cl2HfSi. The van der Waals surface area contributed by atoms with Gasteiger partial charge in [0.25, 0.3) is 0 Å². The summed E-state index contributed by atoms with van der Waals surface area (Å²) in [6.07, 6.45) is 12.4. The van der Waals surface area contributed by atoms with Crippen LogP contribution < -0.4 is 0 Å². The Hall–Kier alpha value is -0.0230. The van der Waals surface area contributed by atoms with Crippen LogP contribution in [-0.4, -0.2) is 13.6 Å². The van der Waals surface area contributed by atoms with Crippen LogP contribution in [0.5, 0.6) is 0 Å². The van der Waals surface area contributed by atoms with Crippen molar-refractivity contribution in [1.29, 1.82) is 0 Å². The SMILES string of the molecule is CC1=[C]([Hf]([Cl])[Cl])C2=CC=C(C(C)C)C(=[Si](C)C)C(C)C2=C1C1=CC=CC1. The Balaban J connectivity index is 2.30. The molecule has 0 amide bonds. The fourth-order valence-corrected chi connectivity index (χ4v) is 13.5. The third-order valence-electron chi connectivity index (χ3n) is 5.63. The van der Waals surface area contributed by atoms with Gasteiger partial charge in [-0.05, 0) is 0 Å². The number of halogens is 2. The zero-order valence-electron chi connectivity index (χ0n) is 16.5. The van der Waals surface area contributed by atoms with Crippen LogP contribution in [0.15, 0.2) is 67.1 Å². The minimum absolute atomic E-state index is 0.434. The van der Waals surface area contributed by atoms with Crippen LogP contribution in [0, 0.1) is 11.8 Å². The molecule has 0 aliphatic heterocycles. The first kappa shape index (κ1) is 20.7. The normalized spacial score (nSPS) is 22.6. The zero-order chi connectivity index (χ0) is 19.2. The first-order chi connectivity index (χ1) is 12.3. The van der Waals surface area contributed by atoms with Crippen LogP contribution >= 0.6 is 17.2 Å². The Morgan fingerprint density at radius 2 is 1.85 bits per heavy atom. The molecule has 1 unspecified atom stereocenters. The van der Waals surface area contributed by atoms with E-state index in [0.717, 1.165) is 6.42 Å². The first-order valence-electron chi connectivity index (χ1n) is 9.35. The maximum absolute atomic E-state index is 6.67. The fourth-order valence-electron chi connectivity index (χ4n) is 4.59. The van der Waals surface area contributed by atoms with Crippen molar-refractivity contribution in [2.24, 2.45) is 11.8 Å². The summed E-state index contributed by atoms with van der Waals surface area (Å²) in [5.74, 6) is 0.976. The molecule has 0 radical (unpaired) electrons. The summed E-state index contributed by atoms with van der Waals surface area (Å²) < 4.78 is 1.31. The molecule has 0 aromatic carbocycles. The summed E-state index contributed by atoms with van der Waals surface area (Å²) in [6, 6.07) is 0. The standard InChI is InChI=1S/C22H27Si.2ClH.Hf/c1-14(2)19-12-11-18-13-15(3)20(17-9-7-8-10-17)21(18)16(4)22(19)23(5)6;;;/h7-9,11-12,14,16H,10H2,1-6H3;2*1H;/q;;;+2/p-2. The molecule has 3 aliphatic rings. The van der Waals surface area contributed by atoms with Crippen molar-refractivity contribution in [2.75, 3.05) is 0 Å². The molecule has 0 N–H and O–H groups in total. The van der Waals surface area contributed by atoms with E-state index in [1.165, 1.54) is 36.8 Å². The molecular weight excluding hydrogens is 542 g/mol. The quantitative estimate of drug-likeness (QED) is 0.320. The van der Waals surface area contributed by atoms with E-state index < -0.39 is 27.5 Å². The molecule has 0 aromatic rings. The van der Waals surface area contributed by atoms with Crippen LogP contribution in [0.4, 0.5) is 0 Å². The van der Waals surface area contributed by atoms with Gasteiger partial charge in [0.2, 0.25) is 0 Å². The second-order valence-electron chi connectivity index (χ2n) is 7.87. The molecule has 3 rings (SSSR count). The zero-order valence-corrected chi connectivity index (χ0v) is 22.6. The third kappa shape index (κ3) is 3.52. The number of hydrogen-bond donors (Lipinski definition) is 0. The predicted octanol–water partition coefficient (Wildman–Crippen LogP) is 7.05. The molecule has 0 saturated heterocycles. The number of hydrogen-bond acceptors (Lipinski definition) is 0. The summed E-state index contributed by atoms with van der Waals surface area (Å²) in [7, 11) is 12.8. The summed E-state index contributed by atoms with van der Waals surface area (Å²) >= 11 is -2.74. The Bertz CT molecular complexity index is 857. The van der Waals surface area contributed by atoms with Crippen LogP contribution in [0.2, 0.25) is 13.1 Å².